The van der Waals surface area contributed by atoms with Crippen molar-refractivity contribution in [3.63, 3.8) is 0 Å². The summed E-state index contributed by atoms with van der Waals surface area (Å²) in [6.07, 6.45) is 8.33. The van der Waals surface area contributed by atoms with E-state index in [1.165, 1.54) is 32.1 Å². The Morgan fingerprint density at radius 1 is 1.37 bits per heavy atom. The molecule has 0 bridgehead atoms. The molecular formula is C15H30N2O2. The molecule has 112 valence electrons. The summed E-state index contributed by atoms with van der Waals surface area (Å²) in [5.74, 6) is 0.428. The molecule has 1 aliphatic carbocycles. The second-order valence-electron chi connectivity index (χ2n) is 5.56. The Labute approximate surface area is 117 Å². The second kappa shape index (κ2) is 9.32. The van der Waals surface area contributed by atoms with Crippen molar-refractivity contribution >= 4 is 5.91 Å². The van der Waals surface area contributed by atoms with Crippen molar-refractivity contribution in [3.8, 4) is 0 Å². The molecule has 0 saturated heterocycles. The van der Waals surface area contributed by atoms with E-state index < -0.39 is 0 Å². The van der Waals surface area contributed by atoms with Gasteiger partial charge in [0.15, 0.2) is 0 Å². The lowest BCUT2D eigenvalue weighted by molar-refractivity contribution is -0.120. The third-order valence-electron chi connectivity index (χ3n) is 4.09. The average Bonchev–Trinajstić information content (AvgIpc) is 2.42. The lowest BCUT2D eigenvalue weighted by Gasteiger charge is -2.31. The van der Waals surface area contributed by atoms with Crippen molar-refractivity contribution in [1.29, 1.82) is 0 Å². The minimum atomic E-state index is -0.271. The summed E-state index contributed by atoms with van der Waals surface area (Å²) >= 11 is 0. The van der Waals surface area contributed by atoms with Crippen LogP contribution in [-0.2, 0) is 9.53 Å². The van der Waals surface area contributed by atoms with Crippen LogP contribution in [0.25, 0.3) is 0 Å². The molecule has 1 amide bonds. The lowest BCUT2D eigenvalue weighted by atomic mass is 9.85. The number of carbonyl (C=O) groups is 1. The number of nitrogens with two attached hydrogens (primary N) is 1. The number of rotatable bonds is 9. The number of hydrogen-bond donors (Lipinski definition) is 2. The van der Waals surface area contributed by atoms with Crippen LogP contribution < -0.4 is 11.1 Å². The summed E-state index contributed by atoms with van der Waals surface area (Å²) in [7, 11) is 0. The molecule has 3 N–H and O–H groups in total. The molecule has 3 atom stereocenters. The summed E-state index contributed by atoms with van der Waals surface area (Å²) < 4.78 is 6.00. The van der Waals surface area contributed by atoms with E-state index in [4.69, 9.17) is 10.5 Å². The molecule has 0 aromatic rings. The third kappa shape index (κ3) is 5.91. The van der Waals surface area contributed by atoms with E-state index in [0.29, 0.717) is 25.0 Å². The zero-order chi connectivity index (χ0) is 14.1. The largest absolute Gasteiger partial charge is 0.378 e. The van der Waals surface area contributed by atoms with Gasteiger partial charge in [0.1, 0.15) is 0 Å². The van der Waals surface area contributed by atoms with Crippen LogP contribution in [0.2, 0.25) is 0 Å². The second-order valence-corrected chi connectivity index (χ2v) is 5.56. The number of carbonyl (C=O) groups excluding carboxylic acids is 1. The molecule has 1 fully saturated rings. The van der Waals surface area contributed by atoms with Gasteiger partial charge in [-0.15, -0.1) is 0 Å². The Morgan fingerprint density at radius 3 is 2.74 bits per heavy atom. The molecule has 1 saturated carbocycles. The lowest BCUT2D eigenvalue weighted by Crippen LogP contribution is -2.42. The van der Waals surface area contributed by atoms with Gasteiger partial charge in [0, 0.05) is 6.61 Å². The Morgan fingerprint density at radius 2 is 2.11 bits per heavy atom. The fraction of sp³-hybridized carbons (Fsp3) is 0.933. The van der Waals surface area contributed by atoms with E-state index in [-0.39, 0.29) is 11.9 Å². The number of nitrogens with one attached hydrogen (secondary N) is 1. The van der Waals surface area contributed by atoms with Gasteiger partial charge in [-0.25, -0.2) is 0 Å². The van der Waals surface area contributed by atoms with Crippen LogP contribution in [0.15, 0.2) is 0 Å². The molecule has 1 aliphatic rings. The van der Waals surface area contributed by atoms with Crippen molar-refractivity contribution in [2.45, 2.75) is 70.9 Å². The van der Waals surface area contributed by atoms with E-state index in [1.54, 1.807) is 0 Å². The highest BCUT2D eigenvalue weighted by Crippen LogP contribution is 2.29. The zero-order valence-electron chi connectivity index (χ0n) is 12.5. The van der Waals surface area contributed by atoms with Gasteiger partial charge in [0.25, 0.3) is 0 Å². The first kappa shape index (κ1) is 16.4. The molecule has 0 aromatic carbocycles. The molecule has 0 aromatic heterocycles. The molecule has 1 rings (SSSR count). The summed E-state index contributed by atoms with van der Waals surface area (Å²) in [4.78, 5) is 11.3. The van der Waals surface area contributed by atoms with Crippen LogP contribution in [0.5, 0.6) is 0 Å². The summed E-state index contributed by atoms with van der Waals surface area (Å²) in [6.45, 7) is 5.77. The fourth-order valence-corrected chi connectivity index (χ4v) is 2.86. The predicted octanol–water partition coefficient (Wildman–Crippen LogP) is 2.22. The van der Waals surface area contributed by atoms with Gasteiger partial charge in [0.2, 0.25) is 5.91 Å². The Bertz CT molecular complexity index is 259. The SMILES string of the molecule is CCCNC(CCOC1CCCCC1CC)C(N)=O. The zero-order valence-corrected chi connectivity index (χ0v) is 12.5. The monoisotopic (exact) mass is 270 g/mol. The van der Waals surface area contributed by atoms with E-state index >= 15 is 0 Å². The van der Waals surface area contributed by atoms with Gasteiger partial charge in [-0.3, -0.25) is 4.79 Å². The van der Waals surface area contributed by atoms with Gasteiger partial charge >= 0.3 is 0 Å². The maximum atomic E-state index is 11.3. The molecule has 0 heterocycles. The van der Waals surface area contributed by atoms with E-state index in [1.807, 2.05) is 0 Å². The van der Waals surface area contributed by atoms with Crippen molar-refractivity contribution < 1.29 is 9.53 Å². The van der Waals surface area contributed by atoms with Gasteiger partial charge in [0.05, 0.1) is 12.1 Å². The quantitative estimate of drug-likeness (QED) is 0.675. The van der Waals surface area contributed by atoms with Crippen molar-refractivity contribution in [1.82, 2.24) is 5.32 Å². The van der Waals surface area contributed by atoms with Gasteiger partial charge in [-0.2, -0.15) is 0 Å². The van der Waals surface area contributed by atoms with Gasteiger partial charge < -0.3 is 15.8 Å². The van der Waals surface area contributed by atoms with E-state index in [2.05, 4.69) is 19.2 Å². The van der Waals surface area contributed by atoms with Crippen LogP contribution in [0.4, 0.5) is 0 Å². The summed E-state index contributed by atoms with van der Waals surface area (Å²) in [6, 6.07) is -0.247. The average molecular weight is 270 g/mol. The Kier molecular flexibility index (Phi) is 8.07. The highest BCUT2D eigenvalue weighted by atomic mass is 16.5. The first-order chi connectivity index (χ1) is 9.19. The Balaban J connectivity index is 2.27. The molecule has 0 radical (unpaired) electrons. The van der Waals surface area contributed by atoms with E-state index in [0.717, 1.165) is 13.0 Å². The van der Waals surface area contributed by atoms with Crippen LogP contribution in [0.3, 0.4) is 0 Å². The van der Waals surface area contributed by atoms with Crippen LogP contribution in [-0.4, -0.2) is 31.2 Å². The normalized spacial score (nSPS) is 25.2. The van der Waals surface area contributed by atoms with Crippen LogP contribution >= 0.6 is 0 Å². The topological polar surface area (TPSA) is 64.3 Å². The number of hydrogen-bond acceptors (Lipinski definition) is 3. The van der Waals surface area contributed by atoms with Crippen LogP contribution in [0, 0.1) is 5.92 Å². The van der Waals surface area contributed by atoms with Crippen molar-refractivity contribution in [2.75, 3.05) is 13.2 Å². The molecule has 4 nitrogen and oxygen atoms in total. The first-order valence-corrected chi connectivity index (χ1v) is 7.83. The van der Waals surface area contributed by atoms with Gasteiger partial charge in [-0.05, 0) is 38.1 Å². The van der Waals surface area contributed by atoms with E-state index in [9.17, 15) is 4.79 Å². The van der Waals surface area contributed by atoms with Crippen molar-refractivity contribution in [2.24, 2.45) is 11.7 Å². The minimum Gasteiger partial charge on any atom is -0.378 e. The molecule has 3 unspecified atom stereocenters. The highest BCUT2D eigenvalue weighted by Gasteiger charge is 2.24. The molecular weight excluding hydrogens is 240 g/mol. The maximum absolute atomic E-state index is 11.3. The molecule has 19 heavy (non-hydrogen) atoms. The summed E-state index contributed by atoms with van der Waals surface area (Å²) in [5, 5.41) is 3.18. The smallest absolute Gasteiger partial charge is 0.234 e. The molecule has 4 heteroatoms. The molecule has 0 aliphatic heterocycles. The number of amides is 1. The predicted molar refractivity (Wildman–Crippen MR) is 77.9 cm³/mol. The number of ether oxygens (including phenoxy) is 1. The number of primary amides is 1. The fourth-order valence-electron chi connectivity index (χ4n) is 2.86. The van der Waals surface area contributed by atoms with Crippen LogP contribution in [0.1, 0.15) is 58.8 Å². The highest BCUT2D eigenvalue weighted by molar-refractivity contribution is 5.79. The maximum Gasteiger partial charge on any atom is 0.234 e. The first-order valence-electron chi connectivity index (χ1n) is 7.83. The Hall–Kier alpha value is -0.610. The standard InChI is InChI=1S/C15H30N2O2/c1-3-10-17-13(15(16)18)9-11-19-14-8-6-5-7-12(14)4-2/h12-14,17H,3-11H2,1-2H3,(H2,16,18). The third-order valence-corrected chi connectivity index (χ3v) is 4.09. The summed E-state index contributed by atoms with van der Waals surface area (Å²) in [5.41, 5.74) is 5.39. The molecule has 0 spiro atoms. The minimum absolute atomic E-state index is 0.247. The van der Waals surface area contributed by atoms with Gasteiger partial charge in [-0.1, -0.05) is 33.1 Å². The van der Waals surface area contributed by atoms with Crippen molar-refractivity contribution in [3.05, 3.63) is 0 Å².